The third-order valence-electron chi connectivity index (χ3n) is 6.01. The highest BCUT2D eigenvalue weighted by Crippen LogP contribution is 2.35. The fourth-order valence-corrected chi connectivity index (χ4v) is 4.74. The second-order valence-electron chi connectivity index (χ2n) is 8.01. The zero-order chi connectivity index (χ0) is 20.8. The highest BCUT2D eigenvalue weighted by molar-refractivity contribution is 6.30. The van der Waals surface area contributed by atoms with Crippen LogP contribution in [0.3, 0.4) is 0 Å². The number of amides is 2. The largest absolute Gasteiger partial charge is 0.327 e. The zero-order valence-electron chi connectivity index (χ0n) is 16.8. The number of likely N-dealkylation sites (N-methyl/N-ethyl adjacent to an activating group) is 1. The van der Waals surface area contributed by atoms with Crippen LogP contribution in [0.1, 0.15) is 39.1 Å². The Morgan fingerprint density at radius 3 is 2.40 bits per heavy atom. The number of anilines is 1. The number of aryl methyl sites for hydroxylation is 1. The van der Waals surface area contributed by atoms with Crippen LogP contribution in [0.25, 0.3) is 0 Å². The number of halogens is 1. The molecule has 3 aliphatic heterocycles. The number of benzene rings is 2. The quantitative estimate of drug-likeness (QED) is 0.765. The van der Waals surface area contributed by atoms with Gasteiger partial charge in [0.2, 0.25) is 0 Å². The first-order valence-electron chi connectivity index (χ1n) is 10.2. The van der Waals surface area contributed by atoms with E-state index in [0.29, 0.717) is 35.7 Å². The van der Waals surface area contributed by atoms with E-state index in [1.807, 2.05) is 19.2 Å². The van der Waals surface area contributed by atoms with Crippen molar-refractivity contribution in [1.29, 1.82) is 0 Å². The molecule has 0 aromatic heterocycles. The third kappa shape index (κ3) is 3.16. The van der Waals surface area contributed by atoms with Gasteiger partial charge in [-0.2, -0.15) is 0 Å². The number of nitrogens with one attached hydrogen (secondary N) is 1. The second kappa shape index (κ2) is 7.45. The Labute approximate surface area is 180 Å². The van der Waals surface area contributed by atoms with E-state index in [0.717, 1.165) is 30.9 Å². The van der Waals surface area contributed by atoms with Gasteiger partial charge >= 0.3 is 0 Å². The van der Waals surface area contributed by atoms with Crippen LogP contribution in [0, 0.1) is 0 Å². The standard InChI is InChI=1S/C23H23ClN4O2/c1-26-14-16-8-7-15-9-10-17(24)13-20(15)27(21(16)25-26)11-4-12-28-22(29)18-5-2-3-6-19(18)23(28)30/h2-3,5-6,9-10,13,25H,4,7-8,11-12,14H2,1H3. The SMILES string of the molecule is CN1CC2=C(N1)N(CCCN1C(=O)c3ccccc3C1=O)c1cc(Cl)ccc1CC2. The lowest BCUT2D eigenvalue weighted by atomic mass is 10.1. The average molecular weight is 423 g/mol. The van der Waals surface area contributed by atoms with Gasteiger partial charge in [-0.3, -0.25) is 14.5 Å². The molecule has 0 saturated carbocycles. The first-order valence-corrected chi connectivity index (χ1v) is 10.6. The van der Waals surface area contributed by atoms with Crippen molar-refractivity contribution in [3.8, 4) is 0 Å². The molecule has 7 heteroatoms. The molecule has 154 valence electrons. The van der Waals surface area contributed by atoms with Crippen LogP contribution in [-0.4, -0.2) is 48.4 Å². The summed E-state index contributed by atoms with van der Waals surface area (Å²) in [6.07, 6.45) is 2.63. The summed E-state index contributed by atoms with van der Waals surface area (Å²) in [4.78, 5) is 28.9. The number of hydrazine groups is 1. The Morgan fingerprint density at radius 1 is 0.967 bits per heavy atom. The van der Waals surface area contributed by atoms with Crippen LogP contribution in [0.5, 0.6) is 0 Å². The van der Waals surface area contributed by atoms with Gasteiger partial charge in [0.15, 0.2) is 0 Å². The Morgan fingerprint density at radius 2 is 1.67 bits per heavy atom. The monoisotopic (exact) mass is 422 g/mol. The minimum Gasteiger partial charge on any atom is -0.327 e. The maximum Gasteiger partial charge on any atom is 0.261 e. The van der Waals surface area contributed by atoms with Gasteiger partial charge in [-0.1, -0.05) is 29.8 Å². The van der Waals surface area contributed by atoms with E-state index >= 15 is 0 Å². The maximum atomic E-state index is 12.7. The lowest BCUT2D eigenvalue weighted by Gasteiger charge is -2.29. The number of imide groups is 1. The summed E-state index contributed by atoms with van der Waals surface area (Å²) in [5.74, 6) is 0.697. The van der Waals surface area contributed by atoms with Crippen molar-refractivity contribution in [3.63, 3.8) is 0 Å². The molecule has 0 saturated heterocycles. The van der Waals surface area contributed by atoms with E-state index in [9.17, 15) is 9.59 Å². The van der Waals surface area contributed by atoms with Crippen LogP contribution in [0.15, 0.2) is 53.9 Å². The van der Waals surface area contributed by atoms with Crippen LogP contribution in [0.4, 0.5) is 5.69 Å². The zero-order valence-corrected chi connectivity index (χ0v) is 17.6. The molecule has 1 N–H and O–H groups in total. The molecule has 2 amide bonds. The van der Waals surface area contributed by atoms with Crippen LogP contribution in [0.2, 0.25) is 5.02 Å². The first kappa shape index (κ1) is 19.2. The Balaban J connectivity index is 1.37. The lowest BCUT2D eigenvalue weighted by Crippen LogP contribution is -2.38. The smallest absolute Gasteiger partial charge is 0.261 e. The molecule has 2 aromatic rings. The van der Waals surface area contributed by atoms with Crippen LogP contribution >= 0.6 is 11.6 Å². The Hall–Kier alpha value is -2.83. The van der Waals surface area contributed by atoms with E-state index in [2.05, 4.69) is 21.4 Å². The minimum atomic E-state index is -0.200. The summed E-state index contributed by atoms with van der Waals surface area (Å²) in [5.41, 5.74) is 8.19. The van der Waals surface area contributed by atoms with Crippen molar-refractivity contribution in [2.75, 3.05) is 31.6 Å². The van der Waals surface area contributed by atoms with E-state index < -0.39 is 0 Å². The molecule has 30 heavy (non-hydrogen) atoms. The van der Waals surface area contributed by atoms with Gasteiger partial charge in [0.1, 0.15) is 5.82 Å². The van der Waals surface area contributed by atoms with Gasteiger partial charge < -0.3 is 10.3 Å². The normalized spacial score (nSPS) is 18.3. The van der Waals surface area contributed by atoms with E-state index in [1.165, 1.54) is 16.0 Å². The molecular formula is C23H23ClN4O2. The summed E-state index contributed by atoms with van der Waals surface area (Å²) in [6.45, 7) is 1.95. The first-order chi connectivity index (χ1) is 14.5. The number of carbonyl (C=O) groups excluding carboxylic acids is 2. The molecule has 2 aromatic carbocycles. The molecule has 0 radical (unpaired) electrons. The molecule has 0 spiro atoms. The van der Waals surface area contributed by atoms with Gasteiger partial charge in [0.25, 0.3) is 11.8 Å². The van der Waals surface area contributed by atoms with Gasteiger partial charge in [-0.05, 0) is 54.7 Å². The van der Waals surface area contributed by atoms with Crippen molar-refractivity contribution in [2.24, 2.45) is 0 Å². The van der Waals surface area contributed by atoms with E-state index in [4.69, 9.17) is 11.6 Å². The van der Waals surface area contributed by atoms with Gasteiger partial charge in [-0.25, -0.2) is 5.01 Å². The number of hydrogen-bond donors (Lipinski definition) is 1. The highest BCUT2D eigenvalue weighted by Gasteiger charge is 2.35. The van der Waals surface area contributed by atoms with Crippen molar-refractivity contribution in [2.45, 2.75) is 19.3 Å². The molecule has 0 fully saturated rings. The minimum absolute atomic E-state index is 0.200. The maximum absolute atomic E-state index is 12.7. The predicted octanol–water partition coefficient (Wildman–Crippen LogP) is 3.44. The highest BCUT2D eigenvalue weighted by atomic mass is 35.5. The molecular weight excluding hydrogens is 400 g/mol. The molecule has 0 bridgehead atoms. The van der Waals surface area contributed by atoms with Crippen molar-refractivity contribution in [3.05, 3.63) is 75.6 Å². The Kier molecular flexibility index (Phi) is 4.76. The molecule has 0 aliphatic carbocycles. The van der Waals surface area contributed by atoms with Crippen molar-refractivity contribution in [1.82, 2.24) is 15.3 Å². The summed E-state index contributed by atoms with van der Waals surface area (Å²) < 4.78 is 0. The number of hydrogen-bond acceptors (Lipinski definition) is 5. The topological polar surface area (TPSA) is 55.9 Å². The lowest BCUT2D eigenvalue weighted by molar-refractivity contribution is 0.0653. The molecule has 6 nitrogen and oxygen atoms in total. The molecule has 0 unspecified atom stereocenters. The molecule has 5 rings (SSSR count). The number of nitrogens with zero attached hydrogens (tertiary/aromatic N) is 3. The fourth-order valence-electron chi connectivity index (χ4n) is 4.58. The molecule has 3 aliphatic rings. The summed E-state index contributed by atoms with van der Waals surface area (Å²) in [7, 11) is 2.03. The number of rotatable bonds is 4. The average Bonchev–Trinajstić information content (AvgIpc) is 3.18. The van der Waals surface area contributed by atoms with Gasteiger partial charge in [-0.15, -0.1) is 0 Å². The summed E-state index contributed by atoms with van der Waals surface area (Å²) in [6, 6.07) is 13.1. The van der Waals surface area contributed by atoms with Crippen molar-refractivity contribution < 1.29 is 9.59 Å². The predicted molar refractivity (Wildman–Crippen MR) is 116 cm³/mol. The number of carbonyl (C=O) groups is 2. The molecule has 3 heterocycles. The van der Waals surface area contributed by atoms with E-state index in [-0.39, 0.29) is 11.8 Å². The van der Waals surface area contributed by atoms with Crippen LogP contribution < -0.4 is 10.3 Å². The van der Waals surface area contributed by atoms with Crippen molar-refractivity contribution >= 4 is 29.1 Å². The van der Waals surface area contributed by atoms with Gasteiger partial charge in [0, 0.05) is 37.4 Å². The summed E-state index contributed by atoms with van der Waals surface area (Å²) in [5, 5.41) is 2.78. The third-order valence-corrected chi connectivity index (χ3v) is 6.24. The van der Waals surface area contributed by atoms with Crippen LogP contribution in [-0.2, 0) is 6.42 Å². The second-order valence-corrected chi connectivity index (χ2v) is 8.44. The number of fused-ring (bicyclic) bond motifs is 2. The summed E-state index contributed by atoms with van der Waals surface area (Å²) >= 11 is 6.32. The molecule has 0 atom stereocenters. The fraction of sp³-hybridized carbons (Fsp3) is 0.304. The van der Waals surface area contributed by atoms with Gasteiger partial charge in [0.05, 0.1) is 11.1 Å². The van der Waals surface area contributed by atoms with E-state index in [1.54, 1.807) is 24.3 Å². The Bertz CT molecular complexity index is 1050.